The van der Waals surface area contributed by atoms with Crippen molar-refractivity contribution in [3.63, 3.8) is 0 Å². The maximum absolute atomic E-state index is 11.1. The van der Waals surface area contributed by atoms with Crippen LogP contribution in [0.4, 0.5) is 0 Å². The first-order valence-electron chi connectivity index (χ1n) is 6.24. The van der Waals surface area contributed by atoms with Crippen molar-refractivity contribution in [3.8, 4) is 0 Å². The highest BCUT2D eigenvalue weighted by atomic mass is 16.1. The molecular weight excluding hydrogens is 228 g/mol. The van der Waals surface area contributed by atoms with Crippen LogP contribution in [-0.2, 0) is 11.3 Å². The van der Waals surface area contributed by atoms with E-state index in [9.17, 15) is 4.79 Å². The molecule has 0 bridgehead atoms. The number of nitrogens with one attached hydrogen (secondary N) is 2. The predicted octanol–water partition coefficient (Wildman–Crippen LogP) is 0.702. The first-order valence-corrected chi connectivity index (χ1v) is 6.24. The Hall–Kier alpha value is -1.88. The topological polar surface area (TPSA) is 58.4 Å². The van der Waals surface area contributed by atoms with E-state index in [1.807, 2.05) is 29.0 Å². The maximum Gasteiger partial charge on any atom is 0.220 e. The molecule has 1 aliphatic heterocycles. The summed E-state index contributed by atoms with van der Waals surface area (Å²) in [5, 5.41) is 10.6. The molecular formula is C13H16N4O. The van der Waals surface area contributed by atoms with Crippen LogP contribution in [0.15, 0.2) is 30.6 Å². The lowest BCUT2D eigenvalue weighted by Gasteiger charge is -2.23. The minimum absolute atomic E-state index is 0.157. The van der Waals surface area contributed by atoms with Crippen LogP contribution in [0.25, 0.3) is 5.52 Å². The van der Waals surface area contributed by atoms with E-state index in [0.717, 1.165) is 25.0 Å². The van der Waals surface area contributed by atoms with Crippen molar-refractivity contribution in [1.82, 2.24) is 20.2 Å². The fraction of sp³-hybridized carbons (Fsp3) is 0.385. The fourth-order valence-corrected chi connectivity index (χ4v) is 2.29. The minimum atomic E-state index is 0.157. The summed E-state index contributed by atoms with van der Waals surface area (Å²) in [7, 11) is 0. The summed E-state index contributed by atoms with van der Waals surface area (Å²) in [6.07, 6.45) is 5.36. The molecule has 5 nitrogen and oxygen atoms in total. The van der Waals surface area contributed by atoms with Gasteiger partial charge in [-0.25, -0.2) is 4.52 Å². The molecule has 0 saturated carbocycles. The predicted molar refractivity (Wildman–Crippen MR) is 68.1 cm³/mol. The minimum Gasteiger partial charge on any atom is -0.355 e. The number of nitrogens with zero attached hydrogens (tertiary/aromatic N) is 2. The zero-order chi connectivity index (χ0) is 12.4. The molecule has 2 N–H and O–H groups in total. The number of amides is 1. The lowest BCUT2D eigenvalue weighted by molar-refractivity contribution is -0.122. The Morgan fingerprint density at radius 1 is 1.50 bits per heavy atom. The van der Waals surface area contributed by atoms with Gasteiger partial charge >= 0.3 is 0 Å². The first-order chi connectivity index (χ1) is 8.83. The quantitative estimate of drug-likeness (QED) is 0.835. The van der Waals surface area contributed by atoms with Crippen LogP contribution in [0.1, 0.15) is 18.4 Å². The average Bonchev–Trinajstić information content (AvgIpc) is 2.82. The van der Waals surface area contributed by atoms with Crippen molar-refractivity contribution >= 4 is 11.4 Å². The summed E-state index contributed by atoms with van der Waals surface area (Å²) in [6, 6.07) is 6.41. The largest absolute Gasteiger partial charge is 0.355 e. The molecule has 0 aromatic carbocycles. The number of carbonyl (C=O) groups excluding carboxylic acids is 1. The van der Waals surface area contributed by atoms with E-state index >= 15 is 0 Å². The third kappa shape index (κ3) is 2.22. The zero-order valence-electron chi connectivity index (χ0n) is 10.1. The van der Waals surface area contributed by atoms with Crippen LogP contribution in [-0.4, -0.2) is 28.1 Å². The second kappa shape index (κ2) is 4.78. The van der Waals surface area contributed by atoms with E-state index in [1.165, 1.54) is 5.56 Å². The Balaban J connectivity index is 1.64. The van der Waals surface area contributed by atoms with Gasteiger partial charge in [0.15, 0.2) is 0 Å². The van der Waals surface area contributed by atoms with Crippen LogP contribution in [0.3, 0.4) is 0 Å². The van der Waals surface area contributed by atoms with Gasteiger partial charge in [-0.2, -0.15) is 5.10 Å². The van der Waals surface area contributed by atoms with Gasteiger partial charge in [-0.1, -0.05) is 6.07 Å². The molecule has 1 unspecified atom stereocenters. The summed E-state index contributed by atoms with van der Waals surface area (Å²) in [5.74, 6) is 0.157. The SMILES string of the molecule is O=C1CCC(NCc2cnn3ccccc23)CN1. The smallest absolute Gasteiger partial charge is 0.220 e. The molecule has 1 saturated heterocycles. The number of rotatable bonds is 3. The highest BCUT2D eigenvalue weighted by molar-refractivity contribution is 5.76. The number of hydrogen-bond acceptors (Lipinski definition) is 3. The van der Waals surface area contributed by atoms with Crippen LogP contribution < -0.4 is 10.6 Å². The molecule has 18 heavy (non-hydrogen) atoms. The maximum atomic E-state index is 11.1. The van der Waals surface area contributed by atoms with Gasteiger partial charge in [-0.3, -0.25) is 4.79 Å². The normalized spacial score (nSPS) is 20.0. The number of pyridine rings is 1. The average molecular weight is 244 g/mol. The second-order valence-corrected chi connectivity index (χ2v) is 4.62. The Morgan fingerprint density at radius 2 is 2.44 bits per heavy atom. The van der Waals surface area contributed by atoms with Gasteiger partial charge in [-0.05, 0) is 18.6 Å². The highest BCUT2D eigenvalue weighted by Crippen LogP contribution is 2.11. The van der Waals surface area contributed by atoms with Gasteiger partial charge in [0.05, 0.1) is 11.7 Å². The second-order valence-electron chi connectivity index (χ2n) is 4.62. The molecule has 1 amide bonds. The molecule has 3 rings (SSSR count). The van der Waals surface area contributed by atoms with Gasteiger partial charge < -0.3 is 10.6 Å². The monoisotopic (exact) mass is 244 g/mol. The summed E-state index contributed by atoms with van der Waals surface area (Å²) < 4.78 is 1.87. The van der Waals surface area contributed by atoms with Crippen molar-refractivity contribution < 1.29 is 4.79 Å². The lowest BCUT2D eigenvalue weighted by atomic mass is 10.1. The molecule has 94 valence electrons. The van der Waals surface area contributed by atoms with Crippen LogP contribution in [0.5, 0.6) is 0 Å². The number of hydrogen-bond donors (Lipinski definition) is 2. The summed E-state index contributed by atoms with van der Waals surface area (Å²) in [6.45, 7) is 1.51. The van der Waals surface area contributed by atoms with Crippen LogP contribution >= 0.6 is 0 Å². The van der Waals surface area contributed by atoms with Crippen LogP contribution in [0, 0.1) is 0 Å². The standard InChI is InChI=1S/C13H16N4O/c18-13-5-4-11(9-15-13)14-7-10-8-16-17-6-2-1-3-12(10)17/h1-3,6,8,11,14H,4-5,7,9H2,(H,15,18). The fourth-order valence-electron chi connectivity index (χ4n) is 2.29. The molecule has 2 aromatic rings. The van der Waals surface area contributed by atoms with Crippen molar-refractivity contribution in [2.75, 3.05) is 6.54 Å². The van der Waals surface area contributed by atoms with Crippen molar-refractivity contribution in [1.29, 1.82) is 0 Å². The number of aromatic nitrogens is 2. The molecule has 0 radical (unpaired) electrons. The van der Waals surface area contributed by atoms with Crippen LogP contribution in [0.2, 0.25) is 0 Å². The molecule has 1 aliphatic rings. The van der Waals surface area contributed by atoms with Gasteiger partial charge in [-0.15, -0.1) is 0 Å². The van der Waals surface area contributed by atoms with E-state index in [0.29, 0.717) is 12.5 Å². The van der Waals surface area contributed by atoms with E-state index in [4.69, 9.17) is 0 Å². The molecule has 2 aromatic heterocycles. The Morgan fingerprint density at radius 3 is 3.28 bits per heavy atom. The van der Waals surface area contributed by atoms with Crippen molar-refractivity contribution in [2.24, 2.45) is 0 Å². The Bertz CT molecular complexity index is 553. The lowest BCUT2D eigenvalue weighted by Crippen LogP contribution is -2.45. The molecule has 5 heteroatoms. The third-order valence-corrected chi connectivity index (χ3v) is 3.35. The van der Waals surface area contributed by atoms with Gasteiger partial charge in [0.1, 0.15) is 0 Å². The molecule has 1 fully saturated rings. The molecule has 1 atom stereocenters. The Kier molecular flexibility index (Phi) is 2.98. The van der Waals surface area contributed by atoms with Gasteiger partial charge in [0.25, 0.3) is 0 Å². The number of piperidine rings is 1. The summed E-state index contributed by atoms with van der Waals surface area (Å²) in [4.78, 5) is 11.1. The molecule has 0 aliphatic carbocycles. The van der Waals surface area contributed by atoms with Crippen molar-refractivity contribution in [2.45, 2.75) is 25.4 Å². The summed E-state index contributed by atoms with van der Waals surface area (Å²) >= 11 is 0. The van der Waals surface area contributed by atoms with Gasteiger partial charge in [0.2, 0.25) is 5.91 Å². The third-order valence-electron chi connectivity index (χ3n) is 3.35. The molecule has 3 heterocycles. The van der Waals surface area contributed by atoms with E-state index in [1.54, 1.807) is 0 Å². The summed E-state index contributed by atoms with van der Waals surface area (Å²) in [5.41, 5.74) is 2.32. The first kappa shape index (κ1) is 11.2. The number of fused-ring (bicyclic) bond motifs is 1. The van der Waals surface area contributed by atoms with Gasteiger partial charge in [0, 0.05) is 37.3 Å². The Labute approximate surface area is 105 Å². The van der Waals surface area contributed by atoms with Crippen molar-refractivity contribution in [3.05, 3.63) is 36.2 Å². The number of carbonyl (C=O) groups is 1. The van der Waals surface area contributed by atoms with E-state index in [2.05, 4.69) is 21.8 Å². The zero-order valence-corrected chi connectivity index (χ0v) is 10.1. The highest BCUT2D eigenvalue weighted by Gasteiger charge is 2.17. The molecule has 0 spiro atoms. The van der Waals surface area contributed by atoms with E-state index < -0.39 is 0 Å². The van der Waals surface area contributed by atoms with E-state index in [-0.39, 0.29) is 5.91 Å².